The summed E-state index contributed by atoms with van der Waals surface area (Å²) < 4.78 is 17.2. The molecule has 3 nitrogen and oxygen atoms in total. The molecule has 0 aliphatic carbocycles. The zero-order chi connectivity index (χ0) is 5.33. The van der Waals surface area contributed by atoms with Gasteiger partial charge in [-0.2, -0.15) is 0 Å². The van der Waals surface area contributed by atoms with Crippen LogP contribution >= 0.6 is 0 Å². The van der Waals surface area contributed by atoms with Crippen LogP contribution in [0.2, 0.25) is 0 Å². The molecule has 4 heteroatoms. The summed E-state index contributed by atoms with van der Waals surface area (Å²) in [4.78, 5) is 3.47. The molecular weight excluding hydrogens is 112 g/mol. The van der Waals surface area contributed by atoms with E-state index in [0.29, 0.717) is 0 Å². The third-order valence-electron chi connectivity index (χ3n) is 0.567. The monoisotopic (exact) mass is 116 g/mol. The molecule has 0 aromatic rings. The van der Waals surface area contributed by atoms with Crippen LogP contribution in [0.5, 0.6) is 0 Å². The standard InChI is InChI=1S/C3H4N2OS/c4-7(6)2-1-5-3-7/h1-4H. The normalized spacial score (nSPS) is 37.1. The number of hydrogen-bond acceptors (Lipinski definition) is 3. The summed E-state index contributed by atoms with van der Waals surface area (Å²) in [5.74, 6) is 0. The minimum Gasteiger partial charge on any atom is -0.253 e. The molecule has 0 amide bonds. The van der Waals surface area contributed by atoms with Crippen LogP contribution in [0.25, 0.3) is 0 Å². The lowest BCUT2D eigenvalue weighted by molar-refractivity contribution is 0.688. The Labute approximate surface area is 41.7 Å². The van der Waals surface area contributed by atoms with Crippen LogP contribution in [0.3, 0.4) is 0 Å². The van der Waals surface area contributed by atoms with Gasteiger partial charge >= 0.3 is 0 Å². The molecule has 1 N–H and O–H groups in total. The Morgan fingerprint density at radius 1 is 1.71 bits per heavy atom. The van der Waals surface area contributed by atoms with Crippen LogP contribution < -0.4 is 0 Å². The van der Waals surface area contributed by atoms with E-state index in [2.05, 4.69) is 4.99 Å². The summed E-state index contributed by atoms with van der Waals surface area (Å²) in [7, 11) is -2.52. The van der Waals surface area contributed by atoms with Crippen LogP contribution in [-0.4, -0.2) is 9.76 Å². The first-order chi connectivity index (χ1) is 3.21. The molecular formula is C3H4N2OS. The molecule has 7 heavy (non-hydrogen) atoms. The van der Waals surface area contributed by atoms with Crippen LogP contribution in [-0.2, 0) is 9.73 Å². The van der Waals surface area contributed by atoms with E-state index >= 15 is 0 Å². The van der Waals surface area contributed by atoms with E-state index in [-0.39, 0.29) is 0 Å². The van der Waals surface area contributed by atoms with Gasteiger partial charge in [-0.1, -0.05) is 0 Å². The van der Waals surface area contributed by atoms with Crippen molar-refractivity contribution in [3.8, 4) is 0 Å². The van der Waals surface area contributed by atoms with Crippen molar-refractivity contribution in [1.82, 2.24) is 0 Å². The maximum Gasteiger partial charge on any atom is 0.106 e. The molecule has 1 atom stereocenters. The molecule has 38 valence electrons. The molecule has 1 unspecified atom stereocenters. The Balaban J connectivity index is 3.25. The van der Waals surface area contributed by atoms with Crippen LogP contribution in [0.1, 0.15) is 0 Å². The highest BCUT2D eigenvalue weighted by Crippen LogP contribution is 1.96. The van der Waals surface area contributed by atoms with Crippen molar-refractivity contribution >= 4 is 15.3 Å². The van der Waals surface area contributed by atoms with E-state index in [4.69, 9.17) is 4.78 Å². The fourth-order valence-corrected chi connectivity index (χ4v) is 0.859. The average molecular weight is 116 g/mol. The fourth-order valence-electron chi connectivity index (χ4n) is 0.286. The van der Waals surface area contributed by atoms with Crippen molar-refractivity contribution in [3.05, 3.63) is 11.6 Å². The fraction of sp³-hybridized carbons (Fsp3) is 0. The number of aliphatic imine (C=N–C) groups is 1. The summed E-state index contributed by atoms with van der Waals surface area (Å²) in [5.41, 5.74) is 1.13. The van der Waals surface area contributed by atoms with Crippen molar-refractivity contribution < 1.29 is 4.21 Å². The van der Waals surface area contributed by atoms with Gasteiger partial charge in [-0.15, -0.1) is 0 Å². The van der Waals surface area contributed by atoms with Gasteiger partial charge in [0.2, 0.25) is 0 Å². The average Bonchev–Trinajstić information content (AvgIpc) is 1.84. The highest BCUT2D eigenvalue weighted by molar-refractivity contribution is 8.08. The quantitative estimate of drug-likeness (QED) is 0.493. The second-order valence-corrected chi connectivity index (χ2v) is 2.97. The SMILES string of the molecule is N=S1(=O)C=CN=C1. The van der Waals surface area contributed by atoms with E-state index in [1.165, 1.54) is 11.6 Å². The largest absolute Gasteiger partial charge is 0.253 e. The summed E-state index contributed by atoms with van der Waals surface area (Å²) in [6.45, 7) is 0. The van der Waals surface area contributed by atoms with Crippen LogP contribution in [0.15, 0.2) is 16.6 Å². The Morgan fingerprint density at radius 2 is 2.43 bits per heavy atom. The van der Waals surface area contributed by atoms with Gasteiger partial charge in [0.15, 0.2) is 0 Å². The molecule has 1 rings (SSSR count). The highest BCUT2D eigenvalue weighted by atomic mass is 32.2. The summed E-state index contributed by atoms with van der Waals surface area (Å²) >= 11 is 0. The minimum atomic E-state index is -2.52. The molecule has 1 heterocycles. The van der Waals surface area contributed by atoms with Gasteiger partial charge in [-0.3, -0.25) is 4.99 Å². The Morgan fingerprint density at radius 3 is 2.57 bits per heavy atom. The highest BCUT2D eigenvalue weighted by Gasteiger charge is 1.97. The summed E-state index contributed by atoms with van der Waals surface area (Å²) in [5, 5.41) is 1.27. The molecule has 0 aromatic heterocycles. The molecule has 0 fully saturated rings. The van der Waals surface area contributed by atoms with Gasteiger partial charge in [-0.25, -0.2) is 8.99 Å². The summed E-state index contributed by atoms with van der Waals surface area (Å²) in [6.07, 6.45) is 1.37. The van der Waals surface area contributed by atoms with Gasteiger partial charge in [0.05, 0.1) is 0 Å². The molecule has 0 radical (unpaired) electrons. The Kier molecular flexibility index (Phi) is 0.751. The second-order valence-electron chi connectivity index (χ2n) is 1.19. The van der Waals surface area contributed by atoms with E-state index < -0.39 is 9.73 Å². The lowest BCUT2D eigenvalue weighted by Gasteiger charge is -1.76. The van der Waals surface area contributed by atoms with Crippen molar-refractivity contribution in [2.24, 2.45) is 4.99 Å². The van der Waals surface area contributed by atoms with Gasteiger partial charge in [0.25, 0.3) is 0 Å². The maximum atomic E-state index is 10.4. The van der Waals surface area contributed by atoms with Gasteiger partial charge in [0.1, 0.15) is 15.3 Å². The molecule has 0 saturated heterocycles. The number of nitrogens with one attached hydrogen (secondary N) is 1. The first-order valence-electron chi connectivity index (χ1n) is 1.69. The minimum absolute atomic E-state index is 1.13. The van der Waals surface area contributed by atoms with E-state index in [0.717, 1.165) is 5.55 Å². The smallest absolute Gasteiger partial charge is 0.106 e. The first-order valence-corrected chi connectivity index (χ1v) is 3.38. The van der Waals surface area contributed by atoms with E-state index in [1.807, 2.05) is 0 Å². The molecule has 0 aromatic carbocycles. The predicted octanol–water partition coefficient (Wildman–Crippen LogP) is 0.546. The second kappa shape index (κ2) is 1.16. The zero-order valence-corrected chi connectivity index (χ0v) is 4.31. The number of rotatable bonds is 0. The third kappa shape index (κ3) is 0.866. The lowest BCUT2D eigenvalue weighted by Crippen LogP contribution is -1.85. The maximum absolute atomic E-state index is 10.4. The van der Waals surface area contributed by atoms with Gasteiger partial charge in [0, 0.05) is 11.6 Å². The van der Waals surface area contributed by atoms with Crippen LogP contribution in [0.4, 0.5) is 0 Å². The van der Waals surface area contributed by atoms with E-state index in [9.17, 15) is 4.21 Å². The van der Waals surface area contributed by atoms with Crippen molar-refractivity contribution in [2.45, 2.75) is 0 Å². The molecule has 0 bridgehead atoms. The molecule has 0 saturated carbocycles. The third-order valence-corrected chi connectivity index (χ3v) is 1.53. The number of nitrogens with zero attached hydrogens (tertiary/aromatic N) is 1. The lowest BCUT2D eigenvalue weighted by atomic mass is 11.1. The van der Waals surface area contributed by atoms with Crippen molar-refractivity contribution in [3.63, 3.8) is 0 Å². The first kappa shape index (κ1) is 4.52. The van der Waals surface area contributed by atoms with Crippen molar-refractivity contribution in [2.75, 3.05) is 0 Å². The van der Waals surface area contributed by atoms with Gasteiger partial charge < -0.3 is 0 Å². The number of hydrogen-bond donors (Lipinski definition) is 1. The summed E-state index contributed by atoms with van der Waals surface area (Å²) in [6, 6.07) is 0. The topological polar surface area (TPSA) is 53.3 Å². The Bertz CT molecular complexity index is 193. The zero-order valence-electron chi connectivity index (χ0n) is 3.50. The predicted molar refractivity (Wildman–Crippen MR) is 28.5 cm³/mol. The van der Waals surface area contributed by atoms with Crippen LogP contribution in [0, 0.1) is 4.78 Å². The molecule has 1 aliphatic rings. The molecule has 1 aliphatic heterocycles. The van der Waals surface area contributed by atoms with Crippen molar-refractivity contribution in [1.29, 1.82) is 4.78 Å². The molecule has 0 spiro atoms. The Hall–Kier alpha value is -0.640. The van der Waals surface area contributed by atoms with Gasteiger partial charge in [-0.05, 0) is 0 Å². The van der Waals surface area contributed by atoms with E-state index in [1.54, 1.807) is 0 Å².